The largest absolute Gasteiger partial charge is 0.383 e. The van der Waals surface area contributed by atoms with Crippen LogP contribution in [0.15, 0.2) is 29.5 Å². The number of ether oxygens (including phenoxy) is 1. The average Bonchev–Trinajstić information content (AvgIpc) is 3.02. The second-order valence-electron chi connectivity index (χ2n) is 6.97. The van der Waals surface area contributed by atoms with Gasteiger partial charge in [-0.3, -0.25) is 14.5 Å². The predicted molar refractivity (Wildman–Crippen MR) is 113 cm³/mol. The fourth-order valence-corrected chi connectivity index (χ4v) is 4.17. The number of nitrogens with one attached hydrogen (secondary N) is 2. The molecule has 2 aliphatic heterocycles. The van der Waals surface area contributed by atoms with Gasteiger partial charge in [0.05, 0.1) is 30.5 Å². The first kappa shape index (κ1) is 22.4. The minimum atomic E-state index is -0.673. The fraction of sp³-hybridized carbons (Fsp3) is 0.450. The second-order valence-corrected chi connectivity index (χ2v) is 7.82. The number of benzene rings is 1. The summed E-state index contributed by atoms with van der Waals surface area (Å²) in [6.07, 6.45) is 0.163. The van der Waals surface area contributed by atoms with Crippen LogP contribution in [-0.2, 0) is 14.3 Å². The molecule has 10 heteroatoms. The Kier molecular flexibility index (Phi) is 7.23. The van der Waals surface area contributed by atoms with Crippen molar-refractivity contribution in [1.82, 2.24) is 20.4 Å². The van der Waals surface area contributed by atoms with Gasteiger partial charge in [0, 0.05) is 43.2 Å². The van der Waals surface area contributed by atoms with Crippen LogP contribution in [-0.4, -0.2) is 67.5 Å². The quantitative estimate of drug-likeness (QED) is 0.589. The molecule has 0 bridgehead atoms. The molecular formula is C20H24Cl2N4O4. The van der Waals surface area contributed by atoms with E-state index in [4.69, 9.17) is 27.9 Å². The zero-order valence-corrected chi connectivity index (χ0v) is 18.3. The number of methoxy groups -OCH3 is 1. The van der Waals surface area contributed by atoms with Crippen LogP contribution in [0.2, 0.25) is 10.0 Å². The monoisotopic (exact) mass is 454 g/mol. The van der Waals surface area contributed by atoms with Crippen LogP contribution in [0.3, 0.4) is 0 Å². The van der Waals surface area contributed by atoms with Crippen molar-refractivity contribution >= 4 is 41.0 Å². The first-order valence-corrected chi connectivity index (χ1v) is 10.4. The molecule has 2 N–H and O–H groups in total. The van der Waals surface area contributed by atoms with Crippen LogP contribution >= 0.6 is 23.2 Å². The summed E-state index contributed by atoms with van der Waals surface area (Å²) in [6, 6.07) is 4.00. The third kappa shape index (κ3) is 4.55. The summed E-state index contributed by atoms with van der Waals surface area (Å²) < 4.78 is 4.91. The normalized spacial score (nSPS) is 18.6. The van der Waals surface area contributed by atoms with Crippen molar-refractivity contribution in [3.05, 3.63) is 45.1 Å². The Morgan fingerprint density at radius 2 is 2.10 bits per heavy atom. The summed E-state index contributed by atoms with van der Waals surface area (Å²) in [5.74, 6) is -0.382. The van der Waals surface area contributed by atoms with Crippen molar-refractivity contribution in [3.63, 3.8) is 0 Å². The summed E-state index contributed by atoms with van der Waals surface area (Å²) in [5, 5.41) is 6.45. The Labute approximate surface area is 185 Å². The average molecular weight is 455 g/mol. The van der Waals surface area contributed by atoms with Gasteiger partial charge in [-0.25, -0.2) is 4.79 Å². The van der Waals surface area contributed by atoms with Gasteiger partial charge >= 0.3 is 6.03 Å². The highest BCUT2D eigenvalue weighted by Crippen LogP contribution is 2.39. The van der Waals surface area contributed by atoms with Crippen molar-refractivity contribution in [2.45, 2.75) is 19.4 Å². The molecule has 0 unspecified atom stereocenters. The number of halogens is 2. The molecule has 0 saturated heterocycles. The molecular weight excluding hydrogens is 431 g/mol. The third-order valence-electron chi connectivity index (χ3n) is 5.12. The lowest BCUT2D eigenvalue weighted by molar-refractivity contribution is -0.127. The number of rotatable bonds is 8. The summed E-state index contributed by atoms with van der Waals surface area (Å²) in [7, 11) is 1.56. The summed E-state index contributed by atoms with van der Waals surface area (Å²) in [6.45, 7) is 3.62. The Balaban J connectivity index is 1.81. The maximum absolute atomic E-state index is 13.2. The maximum Gasteiger partial charge on any atom is 0.322 e. The van der Waals surface area contributed by atoms with Gasteiger partial charge in [0.2, 0.25) is 5.91 Å². The second kappa shape index (κ2) is 9.68. The van der Waals surface area contributed by atoms with Gasteiger partial charge in [0.15, 0.2) is 0 Å². The summed E-state index contributed by atoms with van der Waals surface area (Å²) >= 11 is 12.4. The molecule has 0 radical (unpaired) electrons. The SMILES string of the molecule is CCN1C(=O)N[C@@H](c2ccc(Cl)cc2Cl)C2=C1CN(CCC(=O)NCCOC)C2=O. The number of amides is 4. The minimum absolute atomic E-state index is 0.163. The van der Waals surface area contributed by atoms with Crippen LogP contribution in [0.5, 0.6) is 0 Å². The Hall–Kier alpha value is -2.29. The van der Waals surface area contributed by atoms with Gasteiger partial charge in [-0.15, -0.1) is 0 Å². The summed E-state index contributed by atoms with van der Waals surface area (Å²) in [5.41, 5.74) is 1.72. The molecule has 162 valence electrons. The maximum atomic E-state index is 13.2. The zero-order valence-electron chi connectivity index (χ0n) is 16.8. The van der Waals surface area contributed by atoms with Gasteiger partial charge in [0.25, 0.3) is 5.91 Å². The molecule has 0 aromatic heterocycles. The van der Waals surface area contributed by atoms with E-state index in [0.29, 0.717) is 46.6 Å². The summed E-state index contributed by atoms with van der Waals surface area (Å²) in [4.78, 5) is 41.0. The lowest BCUT2D eigenvalue weighted by atomic mass is 9.95. The number of carbonyl (C=O) groups is 3. The van der Waals surface area contributed by atoms with Crippen LogP contribution in [0, 0.1) is 0 Å². The zero-order chi connectivity index (χ0) is 21.8. The van der Waals surface area contributed by atoms with Crippen molar-refractivity contribution < 1.29 is 19.1 Å². The van der Waals surface area contributed by atoms with E-state index >= 15 is 0 Å². The standard InChI is InChI=1S/C20H24Cl2N4O4/c1-3-26-15-11-25(8-6-16(27)23-7-9-30-2)19(28)17(15)18(24-20(26)29)13-5-4-12(21)10-14(13)22/h4-5,10,18H,3,6-9,11H2,1-2H3,(H,23,27)(H,24,29)/t18-/m0/s1. The number of hydrogen-bond acceptors (Lipinski definition) is 4. The number of urea groups is 1. The molecule has 1 atom stereocenters. The van der Waals surface area contributed by atoms with Crippen molar-refractivity contribution in [1.29, 1.82) is 0 Å². The molecule has 2 heterocycles. The third-order valence-corrected chi connectivity index (χ3v) is 5.69. The minimum Gasteiger partial charge on any atom is -0.383 e. The van der Waals surface area contributed by atoms with Crippen molar-refractivity contribution in [3.8, 4) is 0 Å². The molecule has 4 amide bonds. The Bertz CT molecular complexity index is 890. The number of likely N-dealkylation sites (N-methyl/N-ethyl adjacent to an activating group) is 1. The van der Waals surface area contributed by atoms with E-state index in [1.807, 2.05) is 6.92 Å². The highest BCUT2D eigenvalue weighted by atomic mass is 35.5. The molecule has 0 aliphatic carbocycles. The van der Waals surface area contributed by atoms with E-state index in [1.54, 1.807) is 35.1 Å². The molecule has 30 heavy (non-hydrogen) atoms. The molecule has 8 nitrogen and oxygen atoms in total. The van der Waals surface area contributed by atoms with E-state index < -0.39 is 6.04 Å². The van der Waals surface area contributed by atoms with E-state index in [1.165, 1.54) is 0 Å². The molecule has 1 aromatic rings. The van der Waals surface area contributed by atoms with Gasteiger partial charge in [0.1, 0.15) is 0 Å². The van der Waals surface area contributed by atoms with Gasteiger partial charge in [-0.05, 0) is 24.6 Å². The van der Waals surface area contributed by atoms with E-state index in [2.05, 4.69) is 10.6 Å². The topological polar surface area (TPSA) is 91.0 Å². The van der Waals surface area contributed by atoms with Gasteiger partial charge in [-0.1, -0.05) is 29.3 Å². The van der Waals surface area contributed by atoms with Gasteiger partial charge < -0.3 is 20.3 Å². The Morgan fingerprint density at radius 3 is 2.77 bits per heavy atom. The molecule has 2 aliphatic rings. The first-order chi connectivity index (χ1) is 14.4. The van der Waals surface area contributed by atoms with Crippen molar-refractivity contribution in [2.24, 2.45) is 0 Å². The van der Waals surface area contributed by atoms with Crippen LogP contribution < -0.4 is 10.6 Å². The molecule has 0 fully saturated rings. The smallest absolute Gasteiger partial charge is 0.322 e. The lowest BCUT2D eigenvalue weighted by Crippen LogP contribution is -2.47. The van der Waals surface area contributed by atoms with E-state index in [9.17, 15) is 14.4 Å². The fourth-order valence-electron chi connectivity index (χ4n) is 3.65. The lowest BCUT2D eigenvalue weighted by Gasteiger charge is -2.33. The van der Waals surface area contributed by atoms with Crippen molar-refractivity contribution in [2.75, 3.05) is 39.9 Å². The molecule has 3 rings (SSSR count). The molecule has 0 saturated carbocycles. The van der Waals surface area contributed by atoms with E-state index in [-0.39, 0.29) is 37.4 Å². The number of nitrogens with zero attached hydrogens (tertiary/aromatic N) is 2. The van der Waals surface area contributed by atoms with Gasteiger partial charge in [-0.2, -0.15) is 0 Å². The van der Waals surface area contributed by atoms with Crippen LogP contribution in [0.4, 0.5) is 4.79 Å². The van der Waals surface area contributed by atoms with Crippen LogP contribution in [0.1, 0.15) is 24.9 Å². The predicted octanol–water partition coefficient (Wildman–Crippen LogP) is 2.33. The first-order valence-electron chi connectivity index (χ1n) is 9.68. The Morgan fingerprint density at radius 1 is 1.33 bits per heavy atom. The highest BCUT2D eigenvalue weighted by Gasteiger charge is 2.44. The van der Waals surface area contributed by atoms with Crippen LogP contribution in [0.25, 0.3) is 0 Å². The number of carbonyl (C=O) groups excluding carboxylic acids is 3. The molecule has 0 spiro atoms. The highest BCUT2D eigenvalue weighted by molar-refractivity contribution is 6.35. The van der Waals surface area contributed by atoms with E-state index in [0.717, 1.165) is 0 Å². The number of hydrogen-bond donors (Lipinski definition) is 2. The molecule has 1 aromatic carbocycles.